The van der Waals surface area contributed by atoms with E-state index in [9.17, 15) is 5.26 Å². The van der Waals surface area contributed by atoms with Gasteiger partial charge < -0.3 is 0 Å². The Labute approximate surface area is 195 Å². The number of aromatic nitrogens is 1. The molecule has 0 saturated carbocycles. The molecule has 0 spiro atoms. The SMILES string of the molecule is N#Cc1cc(Oc2c(Br)ccc(CC(=N)c3cnccc3[NH-])c2F)cc([I-]I)c1. The van der Waals surface area contributed by atoms with Gasteiger partial charge in [0.2, 0.25) is 0 Å². The van der Waals surface area contributed by atoms with Crippen molar-refractivity contribution < 1.29 is 26.4 Å². The summed E-state index contributed by atoms with van der Waals surface area (Å²) in [5.41, 5.74) is 9.25. The zero-order valence-electron chi connectivity index (χ0n) is 14.6. The normalized spacial score (nSPS) is 10.6. The molecule has 2 N–H and O–H groups in total. The van der Waals surface area contributed by atoms with Crippen LogP contribution in [0.3, 0.4) is 0 Å². The Bertz CT molecular complexity index is 1130. The Morgan fingerprint density at radius 1 is 1.34 bits per heavy atom. The first-order valence-corrected chi connectivity index (χ1v) is 16.3. The fourth-order valence-electron chi connectivity index (χ4n) is 2.57. The van der Waals surface area contributed by atoms with E-state index in [1.165, 1.54) is 18.5 Å². The van der Waals surface area contributed by atoms with Crippen molar-refractivity contribution in [3.63, 3.8) is 0 Å². The van der Waals surface area contributed by atoms with E-state index in [4.69, 9.17) is 15.9 Å². The van der Waals surface area contributed by atoms with Crippen molar-refractivity contribution >= 4 is 45.9 Å². The molecule has 0 amide bonds. The van der Waals surface area contributed by atoms with Gasteiger partial charge in [-0.05, 0) is 0 Å². The van der Waals surface area contributed by atoms with Crippen LogP contribution in [0.1, 0.15) is 16.7 Å². The summed E-state index contributed by atoms with van der Waals surface area (Å²) >= 11 is 5.32. The number of benzene rings is 2. The minimum atomic E-state index is -0.590. The number of halogens is 4. The number of ether oxygens (including phenoxy) is 1. The van der Waals surface area contributed by atoms with E-state index in [2.05, 4.69) is 45.6 Å². The fraction of sp³-hybridized carbons (Fsp3) is 0.0500. The van der Waals surface area contributed by atoms with Gasteiger partial charge in [-0.2, -0.15) is 0 Å². The average Bonchev–Trinajstić information content (AvgIpc) is 2.73. The molecule has 9 heteroatoms. The summed E-state index contributed by atoms with van der Waals surface area (Å²) in [7, 11) is 0. The standard InChI is InChI=1S/C20H12BrFI2N4O/c21-16-2-1-12(7-18(27)15-10-28-4-3-17(15)26)19(22)20(16)29-14-6-11(9-25)5-13(8-14)24-23/h1-6,8,10,27H,7H2,(H-,26,28)/q-2. The minimum absolute atomic E-state index is 0.000261. The maximum atomic E-state index is 15.2. The molecule has 1 aromatic heterocycles. The number of pyridine rings is 1. The molecule has 0 aliphatic heterocycles. The van der Waals surface area contributed by atoms with Crippen molar-refractivity contribution in [3.05, 3.63) is 85.1 Å². The zero-order valence-corrected chi connectivity index (χ0v) is 20.5. The van der Waals surface area contributed by atoms with Crippen LogP contribution < -0.4 is 22.0 Å². The molecule has 29 heavy (non-hydrogen) atoms. The van der Waals surface area contributed by atoms with Crippen LogP contribution in [-0.4, -0.2) is 10.7 Å². The van der Waals surface area contributed by atoms with Crippen LogP contribution in [0, 0.1) is 26.1 Å². The summed E-state index contributed by atoms with van der Waals surface area (Å²) < 4.78 is 22.4. The van der Waals surface area contributed by atoms with Crippen molar-refractivity contribution in [1.82, 2.24) is 4.98 Å². The van der Waals surface area contributed by atoms with Crippen LogP contribution in [0.4, 0.5) is 10.1 Å². The second-order valence-corrected chi connectivity index (χ2v) is 11.1. The molecule has 1 heterocycles. The van der Waals surface area contributed by atoms with Crippen LogP contribution in [0.25, 0.3) is 5.73 Å². The molecule has 3 rings (SSSR count). The van der Waals surface area contributed by atoms with E-state index >= 15 is 4.39 Å². The van der Waals surface area contributed by atoms with Gasteiger partial charge in [-0.3, -0.25) is 0 Å². The van der Waals surface area contributed by atoms with Crippen LogP contribution in [0.5, 0.6) is 11.5 Å². The van der Waals surface area contributed by atoms with Crippen molar-refractivity contribution in [3.8, 4) is 17.6 Å². The third-order valence-corrected chi connectivity index (χ3v) is 8.82. The molecule has 2 aromatic carbocycles. The number of rotatable bonds is 6. The molecule has 0 saturated heterocycles. The molecule has 0 unspecified atom stereocenters. The van der Waals surface area contributed by atoms with Crippen molar-refractivity contribution in [2.75, 3.05) is 0 Å². The molecule has 0 atom stereocenters. The summed E-state index contributed by atoms with van der Waals surface area (Å²) in [4.78, 5) is 3.94. The van der Waals surface area contributed by atoms with E-state index < -0.39 is 5.82 Å². The van der Waals surface area contributed by atoms with Gasteiger partial charge in [-0.1, -0.05) is 0 Å². The first-order valence-electron chi connectivity index (χ1n) is 8.12. The second-order valence-electron chi connectivity index (χ2n) is 5.89. The van der Waals surface area contributed by atoms with Gasteiger partial charge in [0.25, 0.3) is 0 Å². The first-order chi connectivity index (χ1) is 13.9. The molecule has 3 aromatic rings. The van der Waals surface area contributed by atoms with E-state index in [1.807, 2.05) is 12.1 Å². The number of nitrogens with one attached hydrogen (secondary N) is 2. The summed E-state index contributed by atoms with van der Waals surface area (Å²) in [6, 6.07) is 12.0. The van der Waals surface area contributed by atoms with Crippen LogP contribution >= 0.6 is 34.5 Å². The third-order valence-electron chi connectivity index (χ3n) is 3.95. The quantitative estimate of drug-likeness (QED) is 0.320. The number of hydrogen-bond donors (Lipinski definition) is 1. The average molecular weight is 677 g/mol. The molecule has 0 fully saturated rings. The summed E-state index contributed by atoms with van der Waals surface area (Å²) in [6.45, 7) is 0. The summed E-state index contributed by atoms with van der Waals surface area (Å²) in [5, 5.41) is 17.5. The molecule has 148 valence electrons. The predicted molar refractivity (Wildman–Crippen MR) is 117 cm³/mol. The molecule has 0 aliphatic rings. The topological polar surface area (TPSA) is 93.6 Å². The maximum absolute atomic E-state index is 15.2. The molecule has 0 radical (unpaired) electrons. The Morgan fingerprint density at radius 2 is 2.14 bits per heavy atom. The van der Waals surface area contributed by atoms with Gasteiger partial charge in [-0.25, -0.2) is 0 Å². The Kier molecular flexibility index (Phi) is 7.42. The molecular formula is C20H12BrFI2N4O-2. The molecule has 0 aliphatic carbocycles. The third kappa shape index (κ3) is 5.23. The molecule has 0 bridgehead atoms. The Hall–Kier alpha value is -1.78. The summed E-state index contributed by atoms with van der Waals surface area (Å²) in [6.07, 6.45) is 2.91. The van der Waals surface area contributed by atoms with E-state index in [0.29, 0.717) is 21.3 Å². The van der Waals surface area contributed by atoms with Gasteiger partial charge in [0.15, 0.2) is 0 Å². The molecule has 5 nitrogen and oxygen atoms in total. The van der Waals surface area contributed by atoms with Crippen LogP contribution in [0.2, 0.25) is 0 Å². The predicted octanol–water partition coefficient (Wildman–Crippen LogP) is 3.55. The van der Waals surface area contributed by atoms with Gasteiger partial charge in [0, 0.05) is 6.20 Å². The van der Waals surface area contributed by atoms with E-state index in [1.54, 1.807) is 18.2 Å². The Balaban J connectivity index is 1.93. The van der Waals surface area contributed by atoms with Crippen molar-refractivity contribution in [1.29, 1.82) is 10.7 Å². The van der Waals surface area contributed by atoms with Crippen LogP contribution in [0.15, 0.2) is 53.3 Å². The van der Waals surface area contributed by atoms with E-state index in [0.717, 1.165) is 3.57 Å². The van der Waals surface area contributed by atoms with Gasteiger partial charge in [0.1, 0.15) is 0 Å². The zero-order chi connectivity index (χ0) is 21.0. The van der Waals surface area contributed by atoms with Crippen LogP contribution in [-0.2, 0) is 6.42 Å². The van der Waals surface area contributed by atoms with Crippen molar-refractivity contribution in [2.45, 2.75) is 6.42 Å². The van der Waals surface area contributed by atoms with E-state index in [-0.39, 0.29) is 46.4 Å². The first kappa shape index (κ1) is 21.9. The van der Waals surface area contributed by atoms with Gasteiger partial charge in [-0.15, -0.1) is 0 Å². The van der Waals surface area contributed by atoms with Gasteiger partial charge in [0.05, 0.1) is 0 Å². The Morgan fingerprint density at radius 3 is 2.83 bits per heavy atom. The number of hydrogen-bond acceptors (Lipinski definition) is 4. The monoisotopic (exact) mass is 676 g/mol. The fourth-order valence-corrected chi connectivity index (χ4v) is 5.41. The van der Waals surface area contributed by atoms with Crippen molar-refractivity contribution in [2.24, 2.45) is 0 Å². The molecular weight excluding hydrogens is 665 g/mol. The second kappa shape index (κ2) is 9.82. The van der Waals surface area contributed by atoms with Gasteiger partial charge >= 0.3 is 191 Å². The summed E-state index contributed by atoms with van der Waals surface area (Å²) in [5.74, 6) is -0.198. The number of nitrogens with zero attached hydrogens (tertiary/aromatic N) is 2. The number of nitriles is 1.